The Hall–Kier alpha value is -0.550. The molecule has 0 heterocycles. The summed E-state index contributed by atoms with van der Waals surface area (Å²) in [6.45, 7) is 6.05. The monoisotopic (exact) mass is 168 g/mol. The molecule has 0 amide bonds. The molecule has 0 aliphatic heterocycles. The van der Waals surface area contributed by atoms with Crippen molar-refractivity contribution in [3.8, 4) is 6.07 Å². The van der Waals surface area contributed by atoms with E-state index in [1.165, 1.54) is 25.7 Å². The van der Waals surface area contributed by atoms with Gasteiger partial charge in [-0.05, 0) is 19.9 Å². The zero-order valence-corrected chi connectivity index (χ0v) is 8.27. The third-order valence-corrected chi connectivity index (χ3v) is 1.88. The Kier molecular flexibility index (Phi) is 8.15. The Morgan fingerprint density at radius 3 is 2.67 bits per heavy atom. The highest BCUT2D eigenvalue weighted by Gasteiger charge is 1.96. The van der Waals surface area contributed by atoms with Crippen LogP contribution < -0.4 is 5.32 Å². The first-order chi connectivity index (χ1) is 5.81. The lowest BCUT2D eigenvalue weighted by molar-refractivity contribution is 0.560. The Bertz CT molecular complexity index is 126. The van der Waals surface area contributed by atoms with Crippen molar-refractivity contribution >= 4 is 0 Å². The fraction of sp³-hybridized carbons (Fsp3) is 0.900. The average Bonchev–Trinajstić information content (AvgIpc) is 2.10. The van der Waals surface area contributed by atoms with E-state index in [0.717, 1.165) is 13.1 Å². The van der Waals surface area contributed by atoms with Gasteiger partial charge in [0, 0.05) is 6.54 Å². The highest BCUT2D eigenvalue weighted by molar-refractivity contribution is 4.79. The van der Waals surface area contributed by atoms with Crippen molar-refractivity contribution in [1.82, 2.24) is 5.32 Å². The molecule has 70 valence electrons. The minimum Gasteiger partial charge on any atom is -0.315 e. The predicted octanol–water partition coefficient (Wildman–Crippen LogP) is 2.32. The molecule has 0 spiro atoms. The van der Waals surface area contributed by atoms with Crippen molar-refractivity contribution in [3.05, 3.63) is 0 Å². The van der Waals surface area contributed by atoms with E-state index in [0.29, 0.717) is 0 Å². The van der Waals surface area contributed by atoms with Gasteiger partial charge in [0.2, 0.25) is 0 Å². The average molecular weight is 168 g/mol. The summed E-state index contributed by atoms with van der Waals surface area (Å²) in [5, 5.41) is 11.8. The SMILES string of the molecule is CCCCCCNCC(C)C#N. The van der Waals surface area contributed by atoms with Crippen LogP contribution in [-0.4, -0.2) is 13.1 Å². The van der Waals surface area contributed by atoms with Crippen LogP contribution in [0.25, 0.3) is 0 Å². The number of nitrogens with zero attached hydrogens (tertiary/aromatic N) is 1. The molecule has 1 N–H and O–H groups in total. The van der Waals surface area contributed by atoms with Gasteiger partial charge in [0.25, 0.3) is 0 Å². The van der Waals surface area contributed by atoms with Crippen LogP contribution in [0.15, 0.2) is 0 Å². The van der Waals surface area contributed by atoms with Gasteiger partial charge in [0.15, 0.2) is 0 Å². The highest BCUT2D eigenvalue weighted by atomic mass is 14.8. The summed E-state index contributed by atoms with van der Waals surface area (Å²) >= 11 is 0. The molecular formula is C10H20N2. The second-order valence-electron chi connectivity index (χ2n) is 3.29. The number of hydrogen-bond acceptors (Lipinski definition) is 2. The van der Waals surface area contributed by atoms with Crippen LogP contribution in [-0.2, 0) is 0 Å². The molecule has 2 heteroatoms. The van der Waals surface area contributed by atoms with Gasteiger partial charge in [-0.25, -0.2) is 0 Å². The van der Waals surface area contributed by atoms with Gasteiger partial charge in [-0.1, -0.05) is 26.2 Å². The summed E-state index contributed by atoms with van der Waals surface area (Å²) in [5.41, 5.74) is 0. The van der Waals surface area contributed by atoms with Gasteiger partial charge in [-0.15, -0.1) is 0 Å². The van der Waals surface area contributed by atoms with Crippen molar-refractivity contribution in [2.45, 2.75) is 39.5 Å². The van der Waals surface area contributed by atoms with Gasteiger partial charge < -0.3 is 5.32 Å². The molecule has 0 aliphatic carbocycles. The third kappa shape index (κ3) is 7.56. The van der Waals surface area contributed by atoms with Crippen molar-refractivity contribution in [2.24, 2.45) is 5.92 Å². The zero-order valence-electron chi connectivity index (χ0n) is 8.27. The molecule has 0 fully saturated rings. The summed E-state index contributed by atoms with van der Waals surface area (Å²) in [6, 6.07) is 2.20. The molecule has 0 radical (unpaired) electrons. The van der Waals surface area contributed by atoms with Crippen LogP contribution in [0.2, 0.25) is 0 Å². The molecule has 0 aromatic heterocycles. The van der Waals surface area contributed by atoms with Crippen LogP contribution in [0.4, 0.5) is 0 Å². The Morgan fingerprint density at radius 1 is 1.33 bits per heavy atom. The smallest absolute Gasteiger partial charge is 0.0666 e. The Morgan fingerprint density at radius 2 is 2.08 bits per heavy atom. The van der Waals surface area contributed by atoms with Crippen LogP contribution in [0.1, 0.15) is 39.5 Å². The van der Waals surface area contributed by atoms with Gasteiger partial charge in [-0.2, -0.15) is 5.26 Å². The minimum absolute atomic E-state index is 0.149. The van der Waals surface area contributed by atoms with Crippen LogP contribution in [0.5, 0.6) is 0 Å². The first-order valence-electron chi connectivity index (χ1n) is 4.91. The third-order valence-electron chi connectivity index (χ3n) is 1.88. The molecule has 2 nitrogen and oxygen atoms in total. The molecule has 1 unspecified atom stereocenters. The molecule has 0 bridgehead atoms. The quantitative estimate of drug-likeness (QED) is 0.592. The first-order valence-corrected chi connectivity index (χ1v) is 4.91. The van der Waals surface area contributed by atoms with E-state index in [1.54, 1.807) is 0 Å². The fourth-order valence-corrected chi connectivity index (χ4v) is 1.04. The largest absolute Gasteiger partial charge is 0.315 e. The second-order valence-corrected chi connectivity index (χ2v) is 3.29. The molecule has 0 aromatic carbocycles. The summed E-state index contributed by atoms with van der Waals surface area (Å²) < 4.78 is 0. The second kappa shape index (κ2) is 8.55. The van der Waals surface area contributed by atoms with Gasteiger partial charge >= 0.3 is 0 Å². The van der Waals surface area contributed by atoms with E-state index in [9.17, 15) is 0 Å². The molecule has 0 saturated carbocycles. The van der Waals surface area contributed by atoms with Crippen LogP contribution in [0.3, 0.4) is 0 Å². The van der Waals surface area contributed by atoms with E-state index >= 15 is 0 Å². The molecule has 0 aromatic rings. The van der Waals surface area contributed by atoms with Crippen LogP contribution in [0, 0.1) is 17.2 Å². The fourth-order valence-electron chi connectivity index (χ4n) is 1.04. The highest BCUT2D eigenvalue weighted by Crippen LogP contribution is 1.97. The summed E-state index contributed by atoms with van der Waals surface area (Å²) in [6.07, 6.45) is 5.17. The summed E-state index contributed by atoms with van der Waals surface area (Å²) in [7, 11) is 0. The van der Waals surface area contributed by atoms with E-state index in [4.69, 9.17) is 5.26 Å². The normalized spacial score (nSPS) is 12.4. The van der Waals surface area contributed by atoms with E-state index < -0.39 is 0 Å². The van der Waals surface area contributed by atoms with Gasteiger partial charge in [-0.3, -0.25) is 0 Å². The number of nitriles is 1. The molecular weight excluding hydrogens is 148 g/mol. The number of rotatable bonds is 7. The molecule has 0 aliphatic rings. The number of unbranched alkanes of at least 4 members (excludes halogenated alkanes) is 3. The lowest BCUT2D eigenvalue weighted by Crippen LogP contribution is -2.21. The molecule has 1 atom stereocenters. The van der Waals surface area contributed by atoms with Crippen molar-refractivity contribution < 1.29 is 0 Å². The van der Waals surface area contributed by atoms with E-state index in [2.05, 4.69) is 18.3 Å². The molecule has 0 rings (SSSR count). The number of nitrogens with one attached hydrogen (secondary N) is 1. The van der Waals surface area contributed by atoms with E-state index in [-0.39, 0.29) is 5.92 Å². The predicted molar refractivity (Wildman–Crippen MR) is 51.8 cm³/mol. The number of hydrogen-bond donors (Lipinski definition) is 1. The molecule has 12 heavy (non-hydrogen) atoms. The maximum Gasteiger partial charge on any atom is 0.0666 e. The van der Waals surface area contributed by atoms with Crippen molar-refractivity contribution in [3.63, 3.8) is 0 Å². The minimum atomic E-state index is 0.149. The Labute approximate surface area is 76.0 Å². The van der Waals surface area contributed by atoms with Crippen molar-refractivity contribution in [1.29, 1.82) is 5.26 Å². The van der Waals surface area contributed by atoms with E-state index in [1.807, 2.05) is 6.92 Å². The zero-order chi connectivity index (χ0) is 9.23. The van der Waals surface area contributed by atoms with Gasteiger partial charge in [0.05, 0.1) is 12.0 Å². The summed E-state index contributed by atoms with van der Waals surface area (Å²) in [5.74, 6) is 0.149. The molecule has 0 saturated heterocycles. The maximum atomic E-state index is 8.49. The summed E-state index contributed by atoms with van der Waals surface area (Å²) in [4.78, 5) is 0. The lowest BCUT2D eigenvalue weighted by Gasteiger charge is -2.04. The Balaban J connectivity index is 2.96. The van der Waals surface area contributed by atoms with Crippen molar-refractivity contribution in [2.75, 3.05) is 13.1 Å². The van der Waals surface area contributed by atoms with Gasteiger partial charge in [0.1, 0.15) is 0 Å². The lowest BCUT2D eigenvalue weighted by atomic mass is 10.2. The topological polar surface area (TPSA) is 35.8 Å². The first kappa shape index (κ1) is 11.4. The van der Waals surface area contributed by atoms with Crippen LogP contribution >= 0.6 is 0 Å². The maximum absolute atomic E-state index is 8.49. The standard InChI is InChI=1S/C10H20N2/c1-3-4-5-6-7-12-9-10(2)8-11/h10,12H,3-7,9H2,1-2H3.